The summed E-state index contributed by atoms with van der Waals surface area (Å²) in [5.74, 6) is 1.68. The van der Waals surface area contributed by atoms with Crippen molar-refractivity contribution in [3.63, 3.8) is 0 Å². The molecule has 0 spiro atoms. The second kappa shape index (κ2) is 8.49. The van der Waals surface area contributed by atoms with Crippen molar-refractivity contribution in [1.29, 1.82) is 0 Å². The van der Waals surface area contributed by atoms with Gasteiger partial charge in [0, 0.05) is 35.9 Å². The van der Waals surface area contributed by atoms with Gasteiger partial charge < -0.3 is 14.4 Å². The molecule has 0 aliphatic carbocycles. The number of rotatable bonds is 5. The first kappa shape index (κ1) is 19.3. The number of methoxy groups -OCH3 is 1. The highest BCUT2D eigenvalue weighted by Crippen LogP contribution is 2.31. The lowest BCUT2D eigenvalue weighted by atomic mass is 10.1. The maximum atomic E-state index is 6.00. The van der Waals surface area contributed by atoms with E-state index in [0.717, 1.165) is 41.4 Å². The summed E-state index contributed by atoms with van der Waals surface area (Å²) in [7, 11) is 1.68. The number of pyridine rings is 1. The molecule has 0 bridgehead atoms. The second-order valence-corrected chi connectivity index (χ2v) is 6.80. The van der Waals surface area contributed by atoms with E-state index in [1.54, 1.807) is 7.11 Å². The smallest absolute Gasteiger partial charge is 0.122 e. The van der Waals surface area contributed by atoms with Crippen LogP contribution in [0.25, 0.3) is 10.9 Å². The number of nitrogens with zero attached hydrogens (tertiary/aromatic N) is 2. The predicted molar refractivity (Wildman–Crippen MR) is 113 cm³/mol. The maximum Gasteiger partial charge on any atom is 0.122 e. The van der Waals surface area contributed by atoms with Crippen molar-refractivity contribution < 1.29 is 9.47 Å². The summed E-state index contributed by atoms with van der Waals surface area (Å²) in [6, 6.07) is 16.4. The van der Waals surface area contributed by atoms with Crippen LogP contribution in [0.3, 0.4) is 0 Å². The van der Waals surface area contributed by atoms with Gasteiger partial charge in [-0.15, -0.1) is 12.4 Å². The van der Waals surface area contributed by atoms with E-state index < -0.39 is 0 Å². The molecule has 3 aromatic rings. The van der Waals surface area contributed by atoms with E-state index in [-0.39, 0.29) is 12.4 Å². The van der Waals surface area contributed by atoms with E-state index in [0.29, 0.717) is 6.61 Å². The molecular weight excluding hydrogens is 360 g/mol. The molecule has 0 saturated carbocycles. The van der Waals surface area contributed by atoms with Gasteiger partial charge in [0.05, 0.1) is 12.6 Å². The van der Waals surface area contributed by atoms with E-state index in [9.17, 15) is 0 Å². The van der Waals surface area contributed by atoms with E-state index in [4.69, 9.17) is 14.5 Å². The Morgan fingerprint density at radius 3 is 2.59 bits per heavy atom. The maximum absolute atomic E-state index is 6.00. The summed E-state index contributed by atoms with van der Waals surface area (Å²) >= 11 is 0. The summed E-state index contributed by atoms with van der Waals surface area (Å²) in [5.41, 5.74) is 4.42. The lowest BCUT2D eigenvalue weighted by molar-refractivity contribution is 0.305. The van der Waals surface area contributed by atoms with Crippen LogP contribution in [0.1, 0.15) is 24.1 Å². The van der Waals surface area contributed by atoms with Crippen LogP contribution in [0.4, 0.5) is 5.69 Å². The van der Waals surface area contributed by atoms with Crippen LogP contribution in [-0.2, 0) is 6.61 Å². The zero-order chi connectivity index (χ0) is 17.9. The fraction of sp³-hybridized carbons (Fsp3) is 0.318. The molecular formula is C22H25ClN2O2. The van der Waals surface area contributed by atoms with Gasteiger partial charge in [0.15, 0.2) is 0 Å². The fourth-order valence-corrected chi connectivity index (χ4v) is 3.56. The van der Waals surface area contributed by atoms with Crippen LogP contribution in [0.15, 0.2) is 48.5 Å². The van der Waals surface area contributed by atoms with E-state index in [1.165, 1.54) is 23.9 Å². The van der Waals surface area contributed by atoms with Crippen molar-refractivity contribution >= 4 is 29.0 Å². The number of hydrogen-bond donors (Lipinski definition) is 0. The number of benzene rings is 2. The average Bonchev–Trinajstić information content (AvgIpc) is 3.20. The van der Waals surface area contributed by atoms with Crippen LogP contribution in [0.5, 0.6) is 11.5 Å². The van der Waals surface area contributed by atoms with Gasteiger partial charge in [-0.2, -0.15) is 0 Å². The number of aryl methyl sites for hydroxylation is 1. The molecule has 0 unspecified atom stereocenters. The Kier molecular flexibility index (Phi) is 6.07. The molecule has 0 atom stereocenters. The Hall–Kier alpha value is -2.46. The standard InChI is InChI=1S/C22H24N2O2.ClH/c1-16-12-22(24-10-3-4-11-24)20-9-8-19(14-21(20)23-16)26-15-17-6-5-7-18(13-17)25-2;/h5-9,12-14H,3-4,10-11,15H2,1-2H3;1H. The topological polar surface area (TPSA) is 34.6 Å². The van der Waals surface area contributed by atoms with Crippen LogP contribution in [-0.4, -0.2) is 25.2 Å². The van der Waals surface area contributed by atoms with Gasteiger partial charge in [0.1, 0.15) is 18.1 Å². The van der Waals surface area contributed by atoms with Crippen molar-refractivity contribution in [2.24, 2.45) is 0 Å². The number of halogens is 1. The van der Waals surface area contributed by atoms with Gasteiger partial charge in [-0.05, 0) is 55.7 Å². The Morgan fingerprint density at radius 2 is 1.81 bits per heavy atom. The monoisotopic (exact) mass is 384 g/mol. The lowest BCUT2D eigenvalue weighted by Crippen LogP contribution is -2.18. The quantitative estimate of drug-likeness (QED) is 0.609. The predicted octanol–water partition coefficient (Wildman–Crippen LogP) is 5.15. The van der Waals surface area contributed by atoms with Crippen molar-refractivity contribution in [2.45, 2.75) is 26.4 Å². The largest absolute Gasteiger partial charge is 0.497 e. The van der Waals surface area contributed by atoms with E-state index in [2.05, 4.69) is 24.0 Å². The Labute approximate surface area is 166 Å². The second-order valence-electron chi connectivity index (χ2n) is 6.80. The zero-order valence-electron chi connectivity index (χ0n) is 15.8. The van der Waals surface area contributed by atoms with E-state index >= 15 is 0 Å². The Morgan fingerprint density at radius 1 is 1.00 bits per heavy atom. The third kappa shape index (κ3) is 4.28. The molecule has 1 saturated heterocycles. The van der Waals surface area contributed by atoms with Crippen molar-refractivity contribution in [3.8, 4) is 11.5 Å². The minimum atomic E-state index is 0. The van der Waals surface area contributed by atoms with Crippen LogP contribution >= 0.6 is 12.4 Å². The van der Waals surface area contributed by atoms with Gasteiger partial charge >= 0.3 is 0 Å². The Balaban J connectivity index is 0.00000210. The average molecular weight is 385 g/mol. The molecule has 0 N–H and O–H groups in total. The van der Waals surface area contributed by atoms with Crippen molar-refractivity contribution in [3.05, 3.63) is 59.8 Å². The van der Waals surface area contributed by atoms with Crippen molar-refractivity contribution in [2.75, 3.05) is 25.1 Å². The third-order valence-corrected chi connectivity index (χ3v) is 4.87. The van der Waals surface area contributed by atoms with Gasteiger partial charge in [-0.3, -0.25) is 4.98 Å². The van der Waals surface area contributed by atoms with Gasteiger partial charge in [0.25, 0.3) is 0 Å². The van der Waals surface area contributed by atoms with Crippen LogP contribution in [0.2, 0.25) is 0 Å². The first-order chi connectivity index (χ1) is 12.7. The van der Waals surface area contributed by atoms with Gasteiger partial charge in [-0.1, -0.05) is 12.1 Å². The number of fused-ring (bicyclic) bond motifs is 1. The van der Waals surface area contributed by atoms with E-state index in [1.807, 2.05) is 36.4 Å². The van der Waals surface area contributed by atoms with Crippen molar-refractivity contribution in [1.82, 2.24) is 4.98 Å². The fourth-order valence-electron chi connectivity index (χ4n) is 3.56. The molecule has 0 amide bonds. The highest BCUT2D eigenvalue weighted by molar-refractivity contribution is 5.93. The normalized spacial score (nSPS) is 13.5. The molecule has 5 heteroatoms. The summed E-state index contributed by atoms with van der Waals surface area (Å²) in [5, 5.41) is 1.20. The summed E-state index contributed by atoms with van der Waals surface area (Å²) in [6.07, 6.45) is 2.54. The number of ether oxygens (including phenoxy) is 2. The number of aromatic nitrogens is 1. The number of hydrogen-bond acceptors (Lipinski definition) is 4. The molecule has 1 aliphatic rings. The molecule has 0 radical (unpaired) electrons. The summed E-state index contributed by atoms with van der Waals surface area (Å²) in [4.78, 5) is 7.19. The van der Waals surface area contributed by atoms with Crippen LogP contribution < -0.4 is 14.4 Å². The van der Waals surface area contributed by atoms with Gasteiger partial charge in [0.2, 0.25) is 0 Å². The molecule has 1 aromatic heterocycles. The molecule has 27 heavy (non-hydrogen) atoms. The molecule has 2 heterocycles. The molecule has 4 rings (SSSR count). The zero-order valence-corrected chi connectivity index (χ0v) is 16.6. The molecule has 2 aromatic carbocycles. The SMILES string of the molecule is COc1cccc(COc2ccc3c(N4CCCC4)cc(C)nc3c2)c1.Cl. The highest BCUT2D eigenvalue weighted by atomic mass is 35.5. The first-order valence-corrected chi connectivity index (χ1v) is 9.15. The summed E-state index contributed by atoms with van der Waals surface area (Å²) < 4.78 is 11.3. The first-order valence-electron chi connectivity index (χ1n) is 9.15. The Bertz CT molecular complexity index is 923. The number of anilines is 1. The van der Waals surface area contributed by atoms with Gasteiger partial charge in [-0.25, -0.2) is 0 Å². The summed E-state index contributed by atoms with van der Waals surface area (Å²) in [6.45, 7) is 4.83. The third-order valence-electron chi connectivity index (χ3n) is 4.87. The molecule has 1 aliphatic heterocycles. The molecule has 4 nitrogen and oxygen atoms in total. The highest BCUT2D eigenvalue weighted by Gasteiger charge is 2.16. The molecule has 1 fully saturated rings. The molecule has 142 valence electrons. The van der Waals surface area contributed by atoms with Crippen LogP contribution in [0, 0.1) is 6.92 Å². The minimum absolute atomic E-state index is 0. The minimum Gasteiger partial charge on any atom is -0.497 e. The lowest BCUT2D eigenvalue weighted by Gasteiger charge is -2.20.